The molecule has 8 nitrogen and oxygen atoms in total. The molecular formula is C24H26N4O4. The summed E-state index contributed by atoms with van der Waals surface area (Å²) in [5.41, 5.74) is 7.47. The summed E-state index contributed by atoms with van der Waals surface area (Å²) in [6.45, 7) is 0.378. The molecule has 32 heavy (non-hydrogen) atoms. The number of ether oxygens (including phenoxy) is 1. The molecule has 1 aromatic heterocycles. The number of hydrogen-bond donors (Lipinski definition) is 5. The zero-order valence-corrected chi connectivity index (χ0v) is 17.4. The Bertz CT molecular complexity index is 1030. The minimum absolute atomic E-state index is 0.0148. The van der Waals surface area contributed by atoms with Gasteiger partial charge in [0, 0.05) is 24.2 Å². The van der Waals surface area contributed by atoms with Crippen molar-refractivity contribution in [2.24, 2.45) is 5.84 Å². The number of hydrogen-bond acceptors (Lipinski definition) is 7. The Morgan fingerprint density at radius 2 is 1.69 bits per heavy atom. The second kappa shape index (κ2) is 9.78. The Kier molecular flexibility index (Phi) is 6.65. The van der Waals surface area contributed by atoms with Crippen LogP contribution in [0.15, 0.2) is 66.9 Å². The standard InChI is InChI=1S/C24H26N4O4/c25-28-22-10-9-15(13-27-22)23(30)21(29)11-12-26-24(31)32-14-20-18-7-3-1-5-16(18)17-6-2-4-8-19(17)20/h1-10,13,20-21,23,29-30H,11-12,14,25H2,(H,26,31)(H,27,28). The van der Waals surface area contributed by atoms with Crippen molar-refractivity contribution in [2.75, 3.05) is 18.6 Å². The predicted molar refractivity (Wildman–Crippen MR) is 121 cm³/mol. The fourth-order valence-corrected chi connectivity index (χ4v) is 4.02. The van der Waals surface area contributed by atoms with Crippen LogP contribution >= 0.6 is 0 Å². The number of fused-ring (bicyclic) bond motifs is 3. The molecule has 166 valence electrons. The predicted octanol–water partition coefficient (Wildman–Crippen LogP) is 2.69. The molecule has 0 aliphatic heterocycles. The first-order valence-corrected chi connectivity index (χ1v) is 10.5. The third-order valence-corrected chi connectivity index (χ3v) is 5.69. The van der Waals surface area contributed by atoms with E-state index in [2.05, 4.69) is 40.0 Å². The minimum atomic E-state index is -1.13. The van der Waals surface area contributed by atoms with Crippen LogP contribution in [0.4, 0.5) is 10.6 Å². The number of benzene rings is 2. The lowest BCUT2D eigenvalue weighted by Crippen LogP contribution is -2.30. The Morgan fingerprint density at radius 3 is 2.28 bits per heavy atom. The van der Waals surface area contributed by atoms with Crippen LogP contribution in [0.3, 0.4) is 0 Å². The Hall–Kier alpha value is -3.46. The highest BCUT2D eigenvalue weighted by atomic mass is 16.5. The van der Waals surface area contributed by atoms with Crippen molar-refractivity contribution >= 4 is 11.9 Å². The van der Waals surface area contributed by atoms with Crippen molar-refractivity contribution in [2.45, 2.75) is 24.5 Å². The number of hydrazine groups is 1. The average molecular weight is 434 g/mol. The molecule has 2 unspecified atom stereocenters. The fraction of sp³-hybridized carbons (Fsp3) is 0.250. The summed E-state index contributed by atoms with van der Waals surface area (Å²) in [4.78, 5) is 16.2. The van der Waals surface area contributed by atoms with E-state index in [1.54, 1.807) is 12.1 Å². The fourth-order valence-electron chi connectivity index (χ4n) is 4.02. The van der Waals surface area contributed by atoms with E-state index in [1.807, 2.05) is 24.3 Å². The molecule has 1 aliphatic carbocycles. The molecule has 1 heterocycles. The third-order valence-electron chi connectivity index (χ3n) is 5.69. The zero-order valence-electron chi connectivity index (χ0n) is 17.4. The molecule has 0 spiro atoms. The largest absolute Gasteiger partial charge is 0.449 e. The minimum Gasteiger partial charge on any atom is -0.449 e. The number of nitrogens with one attached hydrogen (secondary N) is 2. The normalized spacial score (nSPS) is 14.2. The van der Waals surface area contributed by atoms with Gasteiger partial charge in [-0.3, -0.25) is 0 Å². The number of carbonyl (C=O) groups excluding carboxylic acids is 1. The van der Waals surface area contributed by atoms with Crippen molar-refractivity contribution in [3.8, 4) is 11.1 Å². The van der Waals surface area contributed by atoms with Crippen LogP contribution in [0.25, 0.3) is 11.1 Å². The first kappa shape index (κ1) is 21.8. The van der Waals surface area contributed by atoms with Crippen molar-refractivity contribution in [3.05, 3.63) is 83.6 Å². The maximum atomic E-state index is 12.2. The number of anilines is 1. The van der Waals surface area contributed by atoms with Crippen LogP contribution < -0.4 is 16.6 Å². The summed E-state index contributed by atoms with van der Waals surface area (Å²) < 4.78 is 5.47. The number of carbonyl (C=O) groups is 1. The molecular weight excluding hydrogens is 408 g/mol. The van der Waals surface area contributed by atoms with E-state index in [-0.39, 0.29) is 25.5 Å². The third kappa shape index (κ3) is 4.57. The highest BCUT2D eigenvalue weighted by molar-refractivity contribution is 5.79. The molecule has 3 aromatic rings. The number of aromatic nitrogens is 1. The summed E-state index contributed by atoms with van der Waals surface area (Å²) in [6, 6.07) is 19.5. The van der Waals surface area contributed by atoms with Crippen molar-refractivity contribution in [1.29, 1.82) is 0 Å². The molecule has 0 bridgehead atoms. The van der Waals surface area contributed by atoms with Crippen molar-refractivity contribution < 1.29 is 19.7 Å². The highest BCUT2D eigenvalue weighted by Gasteiger charge is 2.29. The number of nitrogen functional groups attached to an aromatic ring is 1. The first-order valence-electron chi connectivity index (χ1n) is 10.5. The van der Waals surface area contributed by atoms with Gasteiger partial charge in [-0.2, -0.15) is 0 Å². The first-order chi connectivity index (χ1) is 15.6. The number of aliphatic hydroxyl groups excluding tert-OH is 2. The molecule has 1 amide bonds. The maximum absolute atomic E-state index is 12.2. The number of aliphatic hydroxyl groups is 2. The van der Waals surface area contributed by atoms with Gasteiger partial charge in [-0.15, -0.1) is 0 Å². The lowest BCUT2D eigenvalue weighted by Gasteiger charge is -2.18. The van der Waals surface area contributed by atoms with Gasteiger partial charge < -0.3 is 25.7 Å². The van der Waals surface area contributed by atoms with E-state index in [0.29, 0.717) is 11.4 Å². The van der Waals surface area contributed by atoms with Crippen LogP contribution in [-0.2, 0) is 4.74 Å². The molecule has 6 N–H and O–H groups in total. The topological polar surface area (TPSA) is 130 Å². The van der Waals surface area contributed by atoms with Gasteiger partial charge in [-0.05, 0) is 34.7 Å². The van der Waals surface area contributed by atoms with Crippen molar-refractivity contribution in [1.82, 2.24) is 10.3 Å². The maximum Gasteiger partial charge on any atom is 0.407 e. The summed E-state index contributed by atoms with van der Waals surface area (Å²) in [5.74, 6) is 5.70. The second-order valence-electron chi connectivity index (χ2n) is 7.67. The molecule has 0 saturated heterocycles. The number of pyridine rings is 1. The summed E-state index contributed by atoms with van der Waals surface area (Å²) >= 11 is 0. The quantitative estimate of drug-likeness (QED) is 0.272. The van der Waals surface area contributed by atoms with Crippen LogP contribution in [-0.4, -0.2) is 40.5 Å². The summed E-state index contributed by atoms with van der Waals surface area (Å²) in [7, 11) is 0. The Labute approximate surface area is 186 Å². The smallest absolute Gasteiger partial charge is 0.407 e. The van der Waals surface area contributed by atoms with Gasteiger partial charge in [0.2, 0.25) is 0 Å². The van der Waals surface area contributed by atoms with Crippen LogP contribution in [0.2, 0.25) is 0 Å². The summed E-state index contributed by atoms with van der Waals surface area (Å²) in [5, 5.41) is 23.1. The monoisotopic (exact) mass is 434 g/mol. The molecule has 4 rings (SSSR count). The number of nitrogens with zero attached hydrogens (tertiary/aromatic N) is 1. The van der Waals surface area contributed by atoms with E-state index >= 15 is 0 Å². The van der Waals surface area contributed by atoms with Crippen LogP contribution in [0.1, 0.15) is 35.1 Å². The van der Waals surface area contributed by atoms with E-state index < -0.39 is 18.3 Å². The number of rotatable bonds is 8. The molecule has 2 atom stereocenters. The molecule has 0 fully saturated rings. The van der Waals surface area contributed by atoms with Gasteiger partial charge in [0.1, 0.15) is 18.5 Å². The molecule has 0 radical (unpaired) electrons. The van der Waals surface area contributed by atoms with Crippen LogP contribution in [0, 0.1) is 0 Å². The van der Waals surface area contributed by atoms with Gasteiger partial charge in [-0.1, -0.05) is 54.6 Å². The van der Waals surface area contributed by atoms with Gasteiger partial charge in [0.15, 0.2) is 0 Å². The van der Waals surface area contributed by atoms with E-state index in [1.165, 1.54) is 17.3 Å². The lowest BCUT2D eigenvalue weighted by atomic mass is 9.98. The number of alkyl carbamates (subject to hydrolysis) is 1. The zero-order chi connectivity index (χ0) is 22.5. The Balaban J connectivity index is 1.27. The second-order valence-corrected chi connectivity index (χ2v) is 7.67. The highest BCUT2D eigenvalue weighted by Crippen LogP contribution is 2.44. The summed E-state index contributed by atoms with van der Waals surface area (Å²) in [6.07, 6.45) is -1.17. The van der Waals surface area contributed by atoms with E-state index in [9.17, 15) is 15.0 Å². The van der Waals surface area contributed by atoms with Gasteiger partial charge in [-0.25, -0.2) is 15.6 Å². The SMILES string of the molecule is NNc1ccc(C(O)C(O)CCNC(=O)OCC2c3ccccc3-c3ccccc32)cn1. The van der Waals surface area contributed by atoms with Gasteiger partial charge in [0.05, 0.1) is 6.10 Å². The van der Waals surface area contributed by atoms with Gasteiger partial charge in [0.25, 0.3) is 0 Å². The molecule has 1 aliphatic rings. The average Bonchev–Trinajstić information content (AvgIpc) is 3.16. The molecule has 8 heteroatoms. The lowest BCUT2D eigenvalue weighted by molar-refractivity contribution is 0.0135. The Morgan fingerprint density at radius 1 is 1.03 bits per heavy atom. The van der Waals surface area contributed by atoms with Gasteiger partial charge >= 0.3 is 6.09 Å². The number of nitrogens with two attached hydrogens (primary N) is 1. The van der Waals surface area contributed by atoms with Crippen molar-refractivity contribution in [3.63, 3.8) is 0 Å². The molecule has 2 aromatic carbocycles. The number of amides is 1. The van der Waals surface area contributed by atoms with E-state index in [0.717, 1.165) is 11.1 Å². The van der Waals surface area contributed by atoms with Crippen LogP contribution in [0.5, 0.6) is 0 Å². The van der Waals surface area contributed by atoms with E-state index in [4.69, 9.17) is 10.6 Å². The molecule has 0 saturated carbocycles.